The molecule has 2 rings (SSSR count). The maximum absolute atomic E-state index is 12.3. The van der Waals surface area contributed by atoms with Gasteiger partial charge in [0.1, 0.15) is 5.69 Å². The smallest absolute Gasteiger partial charge is 0.274 e. The highest BCUT2D eigenvalue weighted by Gasteiger charge is 2.32. The van der Waals surface area contributed by atoms with Crippen LogP contribution >= 0.6 is 0 Å². The van der Waals surface area contributed by atoms with Crippen molar-refractivity contribution in [3.8, 4) is 0 Å². The van der Waals surface area contributed by atoms with Gasteiger partial charge in [-0.2, -0.15) is 5.10 Å². The lowest BCUT2D eigenvalue weighted by Gasteiger charge is -2.20. The van der Waals surface area contributed by atoms with Crippen LogP contribution in [0.15, 0.2) is 6.07 Å². The van der Waals surface area contributed by atoms with Gasteiger partial charge in [-0.15, -0.1) is 0 Å². The SMILES string of the molecule is CCc1cc(C(=O)N2CC(CN)CC2C)n[nH]1. The predicted octanol–water partition coefficient (Wildman–Crippen LogP) is 0.781. The van der Waals surface area contributed by atoms with Gasteiger partial charge in [0.2, 0.25) is 0 Å². The summed E-state index contributed by atoms with van der Waals surface area (Å²) in [6.07, 6.45) is 1.86. The molecule has 1 aromatic heterocycles. The van der Waals surface area contributed by atoms with Gasteiger partial charge in [-0.05, 0) is 38.3 Å². The molecule has 1 aliphatic heterocycles. The number of carbonyl (C=O) groups is 1. The van der Waals surface area contributed by atoms with Gasteiger partial charge in [-0.25, -0.2) is 0 Å². The molecule has 0 radical (unpaired) electrons. The van der Waals surface area contributed by atoms with Crippen LogP contribution in [0.4, 0.5) is 0 Å². The van der Waals surface area contributed by atoms with Crippen LogP contribution in [-0.2, 0) is 6.42 Å². The molecule has 2 atom stereocenters. The second-order valence-electron chi connectivity index (χ2n) is 4.78. The standard InChI is InChI=1S/C12H20N4O/c1-3-10-5-11(15-14-10)12(17)16-7-9(6-13)4-8(16)2/h5,8-9H,3-4,6-7,13H2,1-2H3,(H,14,15). The number of aromatic nitrogens is 2. The summed E-state index contributed by atoms with van der Waals surface area (Å²) in [7, 11) is 0. The van der Waals surface area contributed by atoms with Crippen molar-refractivity contribution in [3.63, 3.8) is 0 Å². The first-order valence-corrected chi connectivity index (χ1v) is 6.21. The van der Waals surface area contributed by atoms with Gasteiger partial charge in [0.05, 0.1) is 0 Å². The van der Waals surface area contributed by atoms with E-state index in [9.17, 15) is 4.79 Å². The van der Waals surface area contributed by atoms with Gasteiger partial charge in [0.25, 0.3) is 5.91 Å². The molecule has 0 aromatic carbocycles. The molecule has 17 heavy (non-hydrogen) atoms. The molecule has 5 heteroatoms. The molecule has 5 nitrogen and oxygen atoms in total. The molecule has 2 unspecified atom stereocenters. The summed E-state index contributed by atoms with van der Waals surface area (Å²) in [5, 5.41) is 6.95. The zero-order valence-electron chi connectivity index (χ0n) is 10.4. The van der Waals surface area contributed by atoms with Gasteiger partial charge in [0.15, 0.2) is 0 Å². The molecule has 1 amide bonds. The van der Waals surface area contributed by atoms with Crippen molar-refractivity contribution in [2.75, 3.05) is 13.1 Å². The van der Waals surface area contributed by atoms with E-state index in [-0.39, 0.29) is 11.9 Å². The minimum Gasteiger partial charge on any atom is -0.334 e. The number of aryl methyl sites for hydroxylation is 1. The summed E-state index contributed by atoms with van der Waals surface area (Å²) in [5.41, 5.74) is 7.18. The number of nitrogens with two attached hydrogens (primary N) is 1. The van der Waals surface area contributed by atoms with E-state index < -0.39 is 0 Å². The first-order chi connectivity index (χ1) is 8.15. The molecule has 1 aliphatic rings. The molecule has 94 valence electrons. The fourth-order valence-corrected chi connectivity index (χ4v) is 2.40. The Balaban J connectivity index is 2.09. The fourth-order valence-electron chi connectivity index (χ4n) is 2.40. The number of carbonyl (C=O) groups excluding carboxylic acids is 1. The number of H-pyrrole nitrogens is 1. The summed E-state index contributed by atoms with van der Waals surface area (Å²) in [4.78, 5) is 14.1. The van der Waals surface area contributed by atoms with E-state index in [1.165, 1.54) is 0 Å². The topological polar surface area (TPSA) is 75.0 Å². The Bertz CT molecular complexity index is 401. The minimum atomic E-state index is 0.0180. The molecule has 0 aliphatic carbocycles. The molecular weight excluding hydrogens is 216 g/mol. The molecule has 1 aromatic rings. The number of nitrogens with zero attached hydrogens (tertiary/aromatic N) is 2. The Hall–Kier alpha value is -1.36. The third kappa shape index (κ3) is 2.34. The number of hydrogen-bond acceptors (Lipinski definition) is 3. The summed E-state index contributed by atoms with van der Waals surface area (Å²) >= 11 is 0. The molecule has 0 spiro atoms. The largest absolute Gasteiger partial charge is 0.334 e. The van der Waals surface area contributed by atoms with Crippen LogP contribution in [0.1, 0.15) is 36.5 Å². The van der Waals surface area contributed by atoms with Gasteiger partial charge in [-0.1, -0.05) is 6.92 Å². The maximum atomic E-state index is 12.3. The quantitative estimate of drug-likeness (QED) is 0.814. The van der Waals surface area contributed by atoms with E-state index in [2.05, 4.69) is 17.1 Å². The lowest BCUT2D eigenvalue weighted by molar-refractivity contribution is 0.0737. The minimum absolute atomic E-state index is 0.0180. The highest BCUT2D eigenvalue weighted by atomic mass is 16.2. The Morgan fingerprint density at radius 2 is 2.47 bits per heavy atom. The van der Waals surface area contributed by atoms with Crippen molar-refractivity contribution in [2.45, 2.75) is 32.7 Å². The first kappa shape index (κ1) is 12.1. The number of aromatic amines is 1. The highest BCUT2D eigenvalue weighted by molar-refractivity contribution is 5.92. The van der Waals surface area contributed by atoms with E-state index >= 15 is 0 Å². The van der Waals surface area contributed by atoms with Gasteiger partial charge >= 0.3 is 0 Å². The number of nitrogens with one attached hydrogen (secondary N) is 1. The normalized spacial score (nSPS) is 24.3. The van der Waals surface area contributed by atoms with E-state index in [0.717, 1.165) is 25.1 Å². The van der Waals surface area contributed by atoms with E-state index in [0.29, 0.717) is 18.2 Å². The van der Waals surface area contributed by atoms with Crippen molar-refractivity contribution in [1.29, 1.82) is 0 Å². The van der Waals surface area contributed by atoms with E-state index in [4.69, 9.17) is 5.73 Å². The first-order valence-electron chi connectivity index (χ1n) is 6.21. The third-order valence-electron chi connectivity index (χ3n) is 3.49. The molecule has 2 heterocycles. The Morgan fingerprint density at radius 3 is 3.00 bits per heavy atom. The average molecular weight is 236 g/mol. The Kier molecular flexibility index (Phi) is 3.47. The van der Waals surface area contributed by atoms with Crippen molar-refractivity contribution in [3.05, 3.63) is 17.5 Å². The second-order valence-corrected chi connectivity index (χ2v) is 4.78. The van der Waals surface area contributed by atoms with Gasteiger partial charge in [0, 0.05) is 18.3 Å². The average Bonchev–Trinajstić information content (AvgIpc) is 2.94. The lowest BCUT2D eigenvalue weighted by Crippen LogP contribution is -2.34. The maximum Gasteiger partial charge on any atom is 0.274 e. The third-order valence-corrected chi connectivity index (χ3v) is 3.49. The molecule has 1 fully saturated rings. The second kappa shape index (κ2) is 4.87. The molecule has 1 saturated heterocycles. The van der Waals surface area contributed by atoms with Crippen molar-refractivity contribution in [1.82, 2.24) is 15.1 Å². The van der Waals surface area contributed by atoms with Crippen molar-refractivity contribution in [2.24, 2.45) is 11.7 Å². The number of rotatable bonds is 3. The van der Waals surface area contributed by atoms with Crippen LogP contribution in [0.2, 0.25) is 0 Å². The summed E-state index contributed by atoms with van der Waals surface area (Å²) in [5.74, 6) is 0.447. The molecular formula is C12H20N4O. The van der Waals surface area contributed by atoms with Crippen LogP contribution in [0, 0.1) is 5.92 Å². The molecule has 3 N–H and O–H groups in total. The number of likely N-dealkylation sites (tertiary alicyclic amines) is 1. The summed E-state index contributed by atoms with van der Waals surface area (Å²) in [6, 6.07) is 2.10. The van der Waals surface area contributed by atoms with Crippen LogP contribution in [0.25, 0.3) is 0 Å². The lowest BCUT2D eigenvalue weighted by atomic mass is 10.1. The Morgan fingerprint density at radius 1 is 1.71 bits per heavy atom. The van der Waals surface area contributed by atoms with E-state index in [1.54, 1.807) is 0 Å². The van der Waals surface area contributed by atoms with Crippen molar-refractivity contribution < 1.29 is 4.79 Å². The zero-order valence-corrected chi connectivity index (χ0v) is 10.4. The van der Waals surface area contributed by atoms with E-state index in [1.807, 2.05) is 17.9 Å². The summed E-state index contributed by atoms with van der Waals surface area (Å²) < 4.78 is 0. The van der Waals surface area contributed by atoms with Crippen LogP contribution in [0.3, 0.4) is 0 Å². The monoisotopic (exact) mass is 236 g/mol. The fraction of sp³-hybridized carbons (Fsp3) is 0.667. The van der Waals surface area contributed by atoms with Crippen molar-refractivity contribution >= 4 is 5.91 Å². The number of hydrogen-bond donors (Lipinski definition) is 2. The van der Waals surface area contributed by atoms with Gasteiger partial charge < -0.3 is 10.6 Å². The van der Waals surface area contributed by atoms with Crippen LogP contribution in [-0.4, -0.2) is 40.1 Å². The molecule has 0 saturated carbocycles. The zero-order chi connectivity index (χ0) is 12.4. The summed E-state index contributed by atoms with van der Waals surface area (Å²) in [6.45, 7) is 5.51. The number of amides is 1. The highest BCUT2D eigenvalue weighted by Crippen LogP contribution is 2.23. The Labute approximate surface area is 101 Å². The van der Waals surface area contributed by atoms with Gasteiger partial charge in [-0.3, -0.25) is 9.89 Å². The predicted molar refractivity (Wildman–Crippen MR) is 65.6 cm³/mol. The molecule has 0 bridgehead atoms. The van der Waals surface area contributed by atoms with Crippen LogP contribution in [0.5, 0.6) is 0 Å². The van der Waals surface area contributed by atoms with Crippen LogP contribution < -0.4 is 5.73 Å².